The number of H-pyrrole nitrogens is 1. The van der Waals surface area contributed by atoms with E-state index in [2.05, 4.69) is 44.5 Å². The van der Waals surface area contributed by atoms with Crippen molar-refractivity contribution in [2.45, 2.75) is 51.6 Å². The number of morpholine rings is 1. The highest BCUT2D eigenvalue weighted by Crippen LogP contribution is 2.34. The van der Waals surface area contributed by atoms with Gasteiger partial charge >= 0.3 is 0 Å². The quantitative estimate of drug-likeness (QED) is 0.714. The molecular formula is C22H28N6O2. The summed E-state index contributed by atoms with van der Waals surface area (Å²) in [5.74, 6) is 0.762. The zero-order valence-electron chi connectivity index (χ0n) is 17.6. The highest BCUT2D eigenvalue weighted by atomic mass is 16.5. The van der Waals surface area contributed by atoms with Gasteiger partial charge in [-0.3, -0.25) is 9.69 Å². The van der Waals surface area contributed by atoms with Gasteiger partial charge in [-0.15, -0.1) is 5.10 Å². The summed E-state index contributed by atoms with van der Waals surface area (Å²) in [5.41, 5.74) is 3.77. The van der Waals surface area contributed by atoms with E-state index < -0.39 is 0 Å². The van der Waals surface area contributed by atoms with Gasteiger partial charge in [0.1, 0.15) is 6.04 Å². The topological polar surface area (TPSA) is 88.9 Å². The highest BCUT2D eigenvalue weighted by Gasteiger charge is 2.33. The van der Waals surface area contributed by atoms with E-state index in [9.17, 15) is 4.79 Å². The van der Waals surface area contributed by atoms with Gasteiger partial charge < -0.3 is 9.72 Å². The van der Waals surface area contributed by atoms with E-state index in [1.165, 1.54) is 18.4 Å². The van der Waals surface area contributed by atoms with Crippen LogP contribution in [0.25, 0.3) is 10.9 Å². The predicted molar refractivity (Wildman–Crippen MR) is 114 cm³/mol. The SMILES string of the molecule is Cc1cc(C)c2[nH]c(=O)c([C@@H](c3nnnn3C3CCCC3)N3CCOCC3)cc2c1. The number of benzene rings is 1. The Balaban J connectivity index is 1.67. The second-order valence-corrected chi connectivity index (χ2v) is 8.57. The molecule has 2 fully saturated rings. The van der Waals surface area contributed by atoms with E-state index in [-0.39, 0.29) is 11.6 Å². The number of pyridine rings is 1. The van der Waals surface area contributed by atoms with Crippen molar-refractivity contribution >= 4 is 10.9 Å². The molecule has 0 spiro atoms. The van der Waals surface area contributed by atoms with E-state index in [0.29, 0.717) is 24.8 Å². The molecule has 158 valence electrons. The Kier molecular flexibility index (Phi) is 5.12. The van der Waals surface area contributed by atoms with E-state index in [1.807, 2.05) is 17.7 Å². The highest BCUT2D eigenvalue weighted by molar-refractivity contribution is 5.83. The molecule has 1 aromatic carbocycles. The first kappa shape index (κ1) is 19.4. The van der Waals surface area contributed by atoms with Crippen molar-refractivity contribution in [3.8, 4) is 0 Å². The fraction of sp³-hybridized carbons (Fsp3) is 0.545. The summed E-state index contributed by atoms with van der Waals surface area (Å²) in [6.07, 6.45) is 4.56. The van der Waals surface area contributed by atoms with Gasteiger partial charge in [-0.2, -0.15) is 0 Å². The van der Waals surface area contributed by atoms with E-state index in [1.54, 1.807) is 0 Å². The fourth-order valence-electron chi connectivity index (χ4n) is 5.03. The summed E-state index contributed by atoms with van der Waals surface area (Å²) in [6.45, 7) is 6.89. The molecule has 0 radical (unpaired) electrons. The summed E-state index contributed by atoms with van der Waals surface area (Å²) in [7, 11) is 0. The number of hydrogen-bond donors (Lipinski definition) is 1. The monoisotopic (exact) mass is 408 g/mol. The number of aromatic amines is 1. The summed E-state index contributed by atoms with van der Waals surface area (Å²) in [5, 5.41) is 13.8. The second-order valence-electron chi connectivity index (χ2n) is 8.57. The van der Waals surface area contributed by atoms with Gasteiger partial charge in [0.15, 0.2) is 5.82 Å². The molecule has 3 aromatic rings. The summed E-state index contributed by atoms with van der Waals surface area (Å²) in [6, 6.07) is 6.26. The number of nitrogens with zero attached hydrogens (tertiary/aromatic N) is 5. The van der Waals surface area contributed by atoms with Gasteiger partial charge in [-0.25, -0.2) is 4.68 Å². The Bertz CT molecular complexity index is 1110. The average Bonchev–Trinajstić information content (AvgIpc) is 3.42. The number of rotatable bonds is 4. The van der Waals surface area contributed by atoms with Crippen molar-refractivity contribution in [3.05, 3.63) is 51.1 Å². The third-order valence-electron chi connectivity index (χ3n) is 6.46. The minimum absolute atomic E-state index is 0.0769. The Hall–Kier alpha value is -2.58. The van der Waals surface area contributed by atoms with Gasteiger partial charge in [0.2, 0.25) is 0 Å². The number of fused-ring (bicyclic) bond motifs is 1. The zero-order chi connectivity index (χ0) is 20.7. The van der Waals surface area contributed by atoms with Crippen molar-refractivity contribution in [1.82, 2.24) is 30.1 Å². The largest absolute Gasteiger partial charge is 0.379 e. The smallest absolute Gasteiger partial charge is 0.253 e. The lowest BCUT2D eigenvalue weighted by Crippen LogP contribution is -2.42. The molecule has 2 aromatic heterocycles. The average molecular weight is 409 g/mol. The maximum Gasteiger partial charge on any atom is 0.253 e. The second kappa shape index (κ2) is 7.92. The molecule has 2 aliphatic rings. The van der Waals surface area contributed by atoms with Gasteiger partial charge in [0.05, 0.1) is 24.8 Å². The lowest BCUT2D eigenvalue weighted by Gasteiger charge is -2.34. The van der Waals surface area contributed by atoms with Gasteiger partial charge in [0, 0.05) is 18.7 Å². The molecule has 8 nitrogen and oxygen atoms in total. The first-order valence-electron chi connectivity index (χ1n) is 10.9. The lowest BCUT2D eigenvalue weighted by molar-refractivity contribution is 0.0211. The Labute approximate surface area is 175 Å². The van der Waals surface area contributed by atoms with Crippen molar-refractivity contribution in [2.24, 2.45) is 0 Å². The van der Waals surface area contributed by atoms with Crippen LogP contribution in [0.5, 0.6) is 0 Å². The van der Waals surface area contributed by atoms with Crippen molar-refractivity contribution in [1.29, 1.82) is 0 Å². The molecule has 0 amide bonds. The van der Waals surface area contributed by atoms with Crippen molar-refractivity contribution in [2.75, 3.05) is 26.3 Å². The van der Waals surface area contributed by atoms with Crippen LogP contribution in [0.4, 0.5) is 0 Å². The summed E-state index contributed by atoms with van der Waals surface area (Å²) >= 11 is 0. The molecular weight excluding hydrogens is 380 g/mol. The molecule has 3 heterocycles. The molecule has 1 aliphatic heterocycles. The minimum atomic E-state index is -0.293. The molecule has 8 heteroatoms. The van der Waals surface area contributed by atoms with Crippen LogP contribution in [0.2, 0.25) is 0 Å². The van der Waals surface area contributed by atoms with Gasteiger partial charge in [-0.05, 0) is 60.2 Å². The molecule has 1 aliphatic carbocycles. The minimum Gasteiger partial charge on any atom is -0.379 e. The van der Waals surface area contributed by atoms with E-state index in [4.69, 9.17) is 4.74 Å². The van der Waals surface area contributed by atoms with Crippen LogP contribution in [0, 0.1) is 13.8 Å². The van der Waals surface area contributed by atoms with E-state index in [0.717, 1.165) is 48.2 Å². The molecule has 1 atom stereocenters. The number of tetrazole rings is 1. The Morgan fingerprint density at radius 3 is 2.67 bits per heavy atom. The summed E-state index contributed by atoms with van der Waals surface area (Å²) < 4.78 is 7.55. The Morgan fingerprint density at radius 2 is 1.90 bits per heavy atom. The third kappa shape index (κ3) is 3.44. The molecule has 1 N–H and O–H groups in total. The van der Waals surface area contributed by atoms with Gasteiger partial charge in [-0.1, -0.05) is 24.5 Å². The van der Waals surface area contributed by atoms with Crippen LogP contribution in [0.15, 0.2) is 23.0 Å². The van der Waals surface area contributed by atoms with Crippen LogP contribution in [-0.2, 0) is 4.74 Å². The summed E-state index contributed by atoms with van der Waals surface area (Å²) in [4.78, 5) is 18.7. The van der Waals surface area contributed by atoms with Crippen LogP contribution < -0.4 is 5.56 Å². The molecule has 1 saturated heterocycles. The maximum absolute atomic E-state index is 13.3. The molecule has 5 rings (SSSR count). The normalized spacial score (nSPS) is 19.5. The van der Waals surface area contributed by atoms with Crippen LogP contribution in [0.3, 0.4) is 0 Å². The number of ether oxygens (including phenoxy) is 1. The van der Waals surface area contributed by atoms with Crippen molar-refractivity contribution in [3.63, 3.8) is 0 Å². The fourth-order valence-corrected chi connectivity index (χ4v) is 5.03. The van der Waals surface area contributed by atoms with Crippen LogP contribution >= 0.6 is 0 Å². The number of aromatic nitrogens is 5. The van der Waals surface area contributed by atoms with E-state index >= 15 is 0 Å². The molecule has 0 unspecified atom stereocenters. The lowest BCUT2D eigenvalue weighted by atomic mass is 10.00. The van der Waals surface area contributed by atoms with Crippen LogP contribution in [0.1, 0.15) is 60.3 Å². The molecule has 0 bridgehead atoms. The Morgan fingerprint density at radius 1 is 1.13 bits per heavy atom. The first-order valence-corrected chi connectivity index (χ1v) is 10.9. The number of aryl methyl sites for hydroxylation is 2. The van der Waals surface area contributed by atoms with Crippen molar-refractivity contribution < 1.29 is 4.74 Å². The number of hydrogen-bond acceptors (Lipinski definition) is 6. The number of nitrogens with one attached hydrogen (secondary N) is 1. The molecule has 30 heavy (non-hydrogen) atoms. The molecule has 1 saturated carbocycles. The third-order valence-corrected chi connectivity index (χ3v) is 6.46. The maximum atomic E-state index is 13.3. The zero-order valence-corrected chi connectivity index (χ0v) is 17.6. The predicted octanol–water partition coefficient (Wildman–Crippen LogP) is 2.67. The van der Waals surface area contributed by atoms with Crippen LogP contribution in [-0.4, -0.2) is 56.4 Å². The van der Waals surface area contributed by atoms with Gasteiger partial charge in [0.25, 0.3) is 5.56 Å². The standard InChI is InChI=1S/C22H28N6O2/c1-14-11-15(2)19-16(12-14)13-18(22(29)23-19)20(27-7-9-30-10-8-27)21-24-25-26-28(21)17-5-3-4-6-17/h11-13,17,20H,3-10H2,1-2H3,(H,23,29)/t20-/m0/s1. The first-order chi connectivity index (χ1) is 14.6.